The van der Waals surface area contributed by atoms with Crippen LogP contribution < -0.4 is 5.50 Å². The van der Waals surface area contributed by atoms with Crippen molar-refractivity contribution < 1.29 is 14.0 Å². The van der Waals surface area contributed by atoms with Crippen LogP contribution in [0, 0.1) is 0 Å². The molecule has 2 aromatic carbocycles. The molecule has 0 radical (unpaired) electrons. The Balaban J connectivity index is 2.72. The Labute approximate surface area is 144 Å². The van der Waals surface area contributed by atoms with E-state index < -0.39 is 13.3 Å². The molecule has 130 valence electrons. The van der Waals surface area contributed by atoms with E-state index in [1.165, 1.54) is 0 Å². The number of rotatable bonds is 8. The van der Waals surface area contributed by atoms with E-state index in [1.54, 1.807) is 0 Å². The zero-order chi connectivity index (χ0) is 17.6. The van der Waals surface area contributed by atoms with Crippen molar-refractivity contribution in [3.05, 3.63) is 71.3 Å². The maximum Gasteiger partial charge on any atom is 0.401 e. The van der Waals surface area contributed by atoms with E-state index >= 15 is 0 Å². The lowest BCUT2D eigenvalue weighted by Crippen LogP contribution is -2.32. The Kier molecular flexibility index (Phi) is 6.36. The quantitative estimate of drug-likeness (QED) is 0.675. The molecule has 3 N–H and O–H groups in total. The van der Waals surface area contributed by atoms with Crippen LogP contribution in [0.3, 0.4) is 0 Å². The van der Waals surface area contributed by atoms with Gasteiger partial charge in [-0.25, -0.2) is 10.1 Å². The first-order valence-electron chi connectivity index (χ1n) is 8.39. The summed E-state index contributed by atoms with van der Waals surface area (Å²) >= 11 is 0. The number of benzene rings is 2. The third-order valence-electron chi connectivity index (χ3n) is 4.10. The zero-order valence-corrected chi connectivity index (χ0v) is 15.2. The molecule has 0 heterocycles. The van der Waals surface area contributed by atoms with E-state index in [-0.39, 0.29) is 0 Å². The topological polar surface area (TPSA) is 72.5 Å². The van der Waals surface area contributed by atoms with Gasteiger partial charge in [0.2, 0.25) is 0 Å². The SMILES string of the molecule is CCCc1ccccc1C(CCC)(OP(N)(=O)O)c1ccccc1. The lowest BCUT2D eigenvalue weighted by Gasteiger charge is -2.36. The van der Waals surface area contributed by atoms with Gasteiger partial charge in [0.05, 0.1) is 0 Å². The van der Waals surface area contributed by atoms with Crippen LogP contribution >= 0.6 is 7.75 Å². The fourth-order valence-electron chi connectivity index (χ4n) is 3.27. The summed E-state index contributed by atoms with van der Waals surface area (Å²) in [4.78, 5) is 9.83. The van der Waals surface area contributed by atoms with Gasteiger partial charge >= 0.3 is 7.75 Å². The molecule has 0 saturated carbocycles. The Hall–Kier alpha value is -1.45. The van der Waals surface area contributed by atoms with Crippen molar-refractivity contribution in [3.8, 4) is 0 Å². The first kappa shape index (κ1) is 18.9. The average molecular weight is 347 g/mol. The summed E-state index contributed by atoms with van der Waals surface area (Å²) in [7, 11) is -4.19. The normalized spacial score (nSPS) is 16.3. The van der Waals surface area contributed by atoms with Crippen molar-refractivity contribution in [1.29, 1.82) is 0 Å². The van der Waals surface area contributed by atoms with Crippen molar-refractivity contribution in [2.24, 2.45) is 5.50 Å². The van der Waals surface area contributed by atoms with Gasteiger partial charge in [-0.05, 0) is 29.5 Å². The predicted octanol–water partition coefficient (Wildman–Crippen LogP) is 4.76. The molecule has 0 aliphatic heterocycles. The summed E-state index contributed by atoms with van der Waals surface area (Å²) < 4.78 is 17.7. The Bertz CT molecular complexity index is 699. The van der Waals surface area contributed by atoms with Crippen LogP contribution in [-0.2, 0) is 21.1 Å². The van der Waals surface area contributed by atoms with E-state index in [9.17, 15) is 9.46 Å². The third kappa shape index (κ3) is 4.34. The van der Waals surface area contributed by atoms with E-state index in [0.717, 1.165) is 36.0 Å². The number of aryl methyl sites for hydroxylation is 1. The number of nitrogens with two attached hydrogens (primary N) is 1. The lowest BCUT2D eigenvalue weighted by molar-refractivity contribution is 0.0821. The summed E-state index contributed by atoms with van der Waals surface area (Å²) in [5, 5.41) is 0. The second-order valence-corrected chi connectivity index (χ2v) is 7.32. The van der Waals surface area contributed by atoms with Gasteiger partial charge in [-0.1, -0.05) is 81.3 Å². The molecule has 24 heavy (non-hydrogen) atoms. The molecule has 0 bridgehead atoms. The second-order valence-electron chi connectivity index (χ2n) is 6.01. The van der Waals surface area contributed by atoms with Crippen molar-refractivity contribution >= 4 is 7.75 Å². The van der Waals surface area contributed by atoms with Crippen LogP contribution in [0.1, 0.15) is 49.8 Å². The third-order valence-corrected chi connectivity index (χ3v) is 4.67. The first-order valence-corrected chi connectivity index (χ1v) is 10.0. The molecule has 0 saturated heterocycles. The summed E-state index contributed by atoms with van der Waals surface area (Å²) in [5.74, 6) is 0. The molecule has 4 nitrogen and oxygen atoms in total. The van der Waals surface area contributed by atoms with Gasteiger partial charge in [0.1, 0.15) is 5.60 Å². The van der Waals surface area contributed by atoms with Gasteiger partial charge in [-0.3, -0.25) is 4.52 Å². The van der Waals surface area contributed by atoms with Crippen molar-refractivity contribution in [2.45, 2.75) is 45.1 Å². The minimum atomic E-state index is -4.19. The van der Waals surface area contributed by atoms with Crippen LogP contribution in [0.2, 0.25) is 0 Å². The van der Waals surface area contributed by atoms with E-state index in [2.05, 4.69) is 6.92 Å². The molecule has 0 aliphatic carbocycles. The Morgan fingerprint density at radius 2 is 1.67 bits per heavy atom. The minimum Gasteiger partial charge on any atom is -0.313 e. The van der Waals surface area contributed by atoms with Crippen LogP contribution in [0.25, 0.3) is 0 Å². The standard InChI is InChI=1S/C19H26NO3P/c1-3-10-16-11-8-9-14-18(16)19(15-4-2,23-24(20,21)22)17-12-6-5-7-13-17/h5-9,11-14H,3-4,10,15H2,1-2H3,(H3,20,21,22). The first-order chi connectivity index (χ1) is 11.4. The highest BCUT2D eigenvalue weighted by atomic mass is 31.2. The minimum absolute atomic E-state index is 0.569. The second kappa shape index (κ2) is 8.09. The van der Waals surface area contributed by atoms with Crippen molar-refractivity contribution in [2.75, 3.05) is 0 Å². The highest BCUT2D eigenvalue weighted by molar-refractivity contribution is 7.50. The van der Waals surface area contributed by atoms with E-state index in [4.69, 9.17) is 10.0 Å². The summed E-state index contributed by atoms with van der Waals surface area (Å²) in [6.45, 7) is 4.14. The highest BCUT2D eigenvalue weighted by Gasteiger charge is 2.41. The number of hydrogen-bond acceptors (Lipinski definition) is 2. The van der Waals surface area contributed by atoms with Gasteiger partial charge in [0.25, 0.3) is 0 Å². The summed E-state index contributed by atoms with van der Waals surface area (Å²) in [6.07, 6.45) is 3.21. The van der Waals surface area contributed by atoms with Crippen molar-refractivity contribution in [1.82, 2.24) is 0 Å². The molecular formula is C19H26NO3P. The molecule has 0 aromatic heterocycles. The van der Waals surface area contributed by atoms with Crippen molar-refractivity contribution in [3.63, 3.8) is 0 Å². The van der Waals surface area contributed by atoms with E-state index in [1.807, 2.05) is 61.5 Å². The lowest BCUT2D eigenvalue weighted by atomic mass is 9.80. The molecule has 5 heteroatoms. The van der Waals surface area contributed by atoms with Gasteiger partial charge in [0.15, 0.2) is 0 Å². The molecule has 2 rings (SSSR count). The highest BCUT2D eigenvalue weighted by Crippen LogP contribution is 2.49. The molecule has 0 aliphatic rings. The largest absolute Gasteiger partial charge is 0.401 e. The average Bonchev–Trinajstić information content (AvgIpc) is 2.55. The monoisotopic (exact) mass is 347 g/mol. The molecular weight excluding hydrogens is 321 g/mol. The molecule has 2 unspecified atom stereocenters. The van der Waals surface area contributed by atoms with Gasteiger partial charge in [0, 0.05) is 0 Å². The molecule has 2 atom stereocenters. The van der Waals surface area contributed by atoms with Crippen LogP contribution in [-0.4, -0.2) is 4.89 Å². The fraction of sp³-hybridized carbons (Fsp3) is 0.368. The van der Waals surface area contributed by atoms with Crippen LogP contribution in [0.4, 0.5) is 0 Å². The molecule has 0 amide bonds. The fourth-order valence-corrected chi connectivity index (χ4v) is 4.01. The van der Waals surface area contributed by atoms with Gasteiger partial charge < -0.3 is 4.89 Å². The molecule has 0 fully saturated rings. The van der Waals surface area contributed by atoms with Gasteiger partial charge in [-0.15, -0.1) is 0 Å². The maximum atomic E-state index is 12.0. The molecule has 0 spiro atoms. The summed E-state index contributed by atoms with van der Waals surface area (Å²) in [6, 6.07) is 17.5. The predicted molar refractivity (Wildman–Crippen MR) is 97.7 cm³/mol. The van der Waals surface area contributed by atoms with Crippen LogP contribution in [0.15, 0.2) is 54.6 Å². The smallest absolute Gasteiger partial charge is 0.313 e. The van der Waals surface area contributed by atoms with E-state index in [0.29, 0.717) is 6.42 Å². The summed E-state index contributed by atoms with van der Waals surface area (Å²) in [5.41, 5.74) is 7.29. The van der Waals surface area contributed by atoms with Gasteiger partial charge in [-0.2, -0.15) is 0 Å². The molecule has 2 aromatic rings. The maximum absolute atomic E-state index is 12.0. The van der Waals surface area contributed by atoms with Crippen LogP contribution in [0.5, 0.6) is 0 Å². The zero-order valence-electron chi connectivity index (χ0n) is 14.3. The number of hydrogen-bond donors (Lipinski definition) is 2. The Morgan fingerprint density at radius 3 is 2.25 bits per heavy atom. The Morgan fingerprint density at radius 1 is 1.04 bits per heavy atom.